The number of unbranched alkanes of at least 4 members (excludes halogenated alkanes) is 1. The zero-order valence-electron chi connectivity index (χ0n) is 9.48. The molecule has 0 spiro atoms. The SMILES string of the molecule is CCCCC(Cl)C(Cl)(Cl)C(Cl)(Cl)C(Cl)(Cl)C(Cl)(Cl)Cl. The minimum absolute atomic E-state index is 0.440. The second kappa shape index (κ2) is 7.65. The molecule has 0 heterocycles. The van der Waals surface area contributed by atoms with Gasteiger partial charge in [0.1, 0.15) is 0 Å². The van der Waals surface area contributed by atoms with Crippen LogP contribution in [-0.4, -0.2) is 22.2 Å². The fourth-order valence-electron chi connectivity index (χ4n) is 1.15. The van der Waals surface area contributed by atoms with E-state index in [0.717, 1.165) is 12.8 Å². The van der Waals surface area contributed by atoms with Crippen LogP contribution in [-0.2, 0) is 0 Å². The Hall–Kier alpha value is 2.90. The molecule has 0 aromatic rings. The third-order valence-electron chi connectivity index (χ3n) is 2.37. The molecule has 0 aromatic heterocycles. The number of rotatable bonds is 6. The highest BCUT2D eigenvalue weighted by molar-refractivity contribution is 6.80. The maximum Gasteiger partial charge on any atom is 0.226 e. The maximum absolute atomic E-state index is 6.13. The monoisotopic (exact) mass is 468 g/mol. The van der Waals surface area contributed by atoms with E-state index in [0.29, 0.717) is 6.42 Å². The van der Waals surface area contributed by atoms with E-state index in [9.17, 15) is 0 Å². The quantitative estimate of drug-likeness (QED) is 0.348. The summed E-state index contributed by atoms with van der Waals surface area (Å²) in [5, 5.41) is -0.838. The van der Waals surface area contributed by atoms with Crippen LogP contribution in [0.1, 0.15) is 26.2 Å². The number of halogens is 10. The van der Waals surface area contributed by atoms with Crippen LogP contribution in [0.2, 0.25) is 0 Å². The molecule has 10 heteroatoms. The smallest absolute Gasteiger partial charge is 0.120 e. The van der Waals surface area contributed by atoms with Crippen molar-refractivity contribution in [2.24, 2.45) is 0 Å². The Morgan fingerprint density at radius 3 is 1.53 bits per heavy atom. The number of hydrogen-bond acceptors (Lipinski definition) is 0. The van der Waals surface area contributed by atoms with Gasteiger partial charge in [-0.05, 0) is 6.42 Å². The second-order valence-corrected chi connectivity index (χ2v) is 10.7. The van der Waals surface area contributed by atoms with Gasteiger partial charge >= 0.3 is 0 Å². The van der Waals surface area contributed by atoms with Crippen LogP contribution in [0.15, 0.2) is 0 Å². The first-order valence-electron chi connectivity index (χ1n) is 5.07. The van der Waals surface area contributed by atoms with Gasteiger partial charge in [0.25, 0.3) is 0 Å². The minimum Gasteiger partial charge on any atom is -0.120 e. The molecule has 0 nitrogen and oxygen atoms in total. The Morgan fingerprint density at radius 2 is 1.21 bits per heavy atom. The first kappa shape index (κ1) is 21.9. The van der Waals surface area contributed by atoms with E-state index in [1.807, 2.05) is 6.92 Å². The average molecular weight is 473 g/mol. The molecule has 0 bridgehead atoms. The average Bonchev–Trinajstić information content (AvgIpc) is 2.23. The van der Waals surface area contributed by atoms with Gasteiger partial charge in [-0.15, -0.1) is 11.6 Å². The Kier molecular flexibility index (Phi) is 8.81. The molecule has 19 heavy (non-hydrogen) atoms. The normalized spacial score (nSPS) is 16.6. The van der Waals surface area contributed by atoms with Crippen LogP contribution >= 0.6 is 116 Å². The van der Waals surface area contributed by atoms with Crippen molar-refractivity contribution in [1.29, 1.82) is 0 Å². The van der Waals surface area contributed by atoms with Gasteiger partial charge in [0.15, 0.2) is 13.0 Å². The molecule has 0 fully saturated rings. The van der Waals surface area contributed by atoms with Gasteiger partial charge in [0.05, 0.1) is 5.38 Å². The van der Waals surface area contributed by atoms with Crippen LogP contribution in [0.4, 0.5) is 0 Å². The Balaban J connectivity index is 5.38. The highest BCUT2D eigenvalue weighted by Gasteiger charge is 2.69. The lowest BCUT2D eigenvalue weighted by Gasteiger charge is -2.45. The van der Waals surface area contributed by atoms with Crippen molar-refractivity contribution in [1.82, 2.24) is 0 Å². The molecule has 0 rings (SSSR count). The van der Waals surface area contributed by atoms with E-state index in [1.54, 1.807) is 0 Å². The van der Waals surface area contributed by atoms with E-state index in [-0.39, 0.29) is 0 Å². The van der Waals surface area contributed by atoms with Gasteiger partial charge in [-0.3, -0.25) is 0 Å². The largest absolute Gasteiger partial charge is 0.226 e. The molecule has 0 aliphatic rings. The summed E-state index contributed by atoms with van der Waals surface area (Å²) >= 11 is 59.4. The van der Waals surface area contributed by atoms with Crippen molar-refractivity contribution in [2.75, 3.05) is 0 Å². The minimum atomic E-state index is -2.28. The molecule has 0 aliphatic carbocycles. The first-order chi connectivity index (χ1) is 8.23. The molecular weight excluding hydrogens is 463 g/mol. The van der Waals surface area contributed by atoms with Gasteiger partial charge in [-0.2, -0.15) is 0 Å². The molecule has 1 atom stereocenters. The molecule has 0 amide bonds. The van der Waals surface area contributed by atoms with Crippen molar-refractivity contribution >= 4 is 116 Å². The first-order valence-corrected chi connectivity index (χ1v) is 8.91. The summed E-state index contributed by atoms with van der Waals surface area (Å²) in [4.78, 5) is 0. The predicted molar refractivity (Wildman–Crippen MR) is 92.8 cm³/mol. The highest BCUT2D eigenvalue weighted by Crippen LogP contribution is 2.63. The molecule has 0 radical (unpaired) electrons. The van der Waals surface area contributed by atoms with E-state index < -0.39 is 22.2 Å². The second-order valence-electron chi connectivity index (χ2n) is 3.88. The maximum atomic E-state index is 6.13. The summed E-state index contributed by atoms with van der Waals surface area (Å²) in [6.07, 6.45) is 2.07. The summed E-state index contributed by atoms with van der Waals surface area (Å²) in [7, 11) is 0. The summed E-state index contributed by atoms with van der Waals surface area (Å²) in [6, 6.07) is 0. The highest BCUT2D eigenvalue weighted by atomic mass is 35.6. The molecule has 0 saturated heterocycles. The number of hydrogen-bond donors (Lipinski definition) is 0. The van der Waals surface area contributed by atoms with Crippen LogP contribution in [0.25, 0.3) is 0 Å². The van der Waals surface area contributed by atoms with Gasteiger partial charge < -0.3 is 0 Å². The lowest BCUT2D eigenvalue weighted by Crippen LogP contribution is -2.59. The molecule has 0 saturated carbocycles. The molecule has 0 aromatic carbocycles. The van der Waals surface area contributed by atoms with E-state index in [2.05, 4.69) is 0 Å². The Labute approximate surface area is 163 Å². The third kappa shape index (κ3) is 4.69. The van der Waals surface area contributed by atoms with Crippen LogP contribution < -0.4 is 0 Å². The van der Waals surface area contributed by atoms with E-state index >= 15 is 0 Å². The predicted octanol–water partition coefficient (Wildman–Crippen LogP) is 7.68. The van der Waals surface area contributed by atoms with Gasteiger partial charge in [0.2, 0.25) is 3.79 Å². The standard InChI is InChI=1S/C9H10Cl10/c1-2-3-4-5(10)6(11,12)7(13,14)8(15,16)9(17,18)19/h5H,2-4H2,1H3. The van der Waals surface area contributed by atoms with Crippen molar-refractivity contribution in [3.05, 3.63) is 0 Å². The fourth-order valence-corrected chi connectivity index (χ4v) is 3.83. The van der Waals surface area contributed by atoms with Gasteiger partial charge in [0, 0.05) is 0 Å². The lowest BCUT2D eigenvalue weighted by molar-refractivity contribution is 0.527. The zero-order chi connectivity index (χ0) is 15.7. The van der Waals surface area contributed by atoms with Crippen molar-refractivity contribution in [3.63, 3.8) is 0 Å². The van der Waals surface area contributed by atoms with Crippen molar-refractivity contribution < 1.29 is 0 Å². The summed E-state index contributed by atoms with van der Waals surface area (Å²) < 4.78 is -8.66. The zero-order valence-corrected chi connectivity index (χ0v) is 17.0. The topological polar surface area (TPSA) is 0 Å². The van der Waals surface area contributed by atoms with Gasteiger partial charge in [-0.25, -0.2) is 0 Å². The lowest BCUT2D eigenvalue weighted by atomic mass is 10.1. The molecule has 0 aliphatic heterocycles. The van der Waals surface area contributed by atoms with Crippen LogP contribution in [0.3, 0.4) is 0 Å². The van der Waals surface area contributed by atoms with Gasteiger partial charge in [-0.1, -0.05) is 124 Å². The Morgan fingerprint density at radius 1 is 0.789 bits per heavy atom. The van der Waals surface area contributed by atoms with Crippen molar-refractivity contribution in [2.45, 2.75) is 48.4 Å². The number of alkyl halides is 10. The summed E-state index contributed by atoms with van der Waals surface area (Å²) in [6.45, 7) is 1.97. The molecule has 1 unspecified atom stereocenters. The van der Waals surface area contributed by atoms with E-state index in [4.69, 9.17) is 116 Å². The van der Waals surface area contributed by atoms with E-state index in [1.165, 1.54) is 0 Å². The summed E-state index contributed by atoms with van der Waals surface area (Å²) in [5.41, 5.74) is 0. The van der Waals surface area contributed by atoms with Crippen LogP contribution in [0, 0.1) is 0 Å². The third-order valence-corrected chi connectivity index (χ3v) is 8.74. The Bertz CT molecular complexity index is 292. The van der Waals surface area contributed by atoms with Crippen LogP contribution in [0.5, 0.6) is 0 Å². The molecule has 116 valence electrons. The fraction of sp³-hybridized carbons (Fsp3) is 1.00. The molecule has 0 N–H and O–H groups in total. The molecular formula is C9H10Cl10. The van der Waals surface area contributed by atoms with Crippen molar-refractivity contribution in [3.8, 4) is 0 Å². The summed E-state index contributed by atoms with van der Waals surface area (Å²) in [5.74, 6) is 0.